The summed E-state index contributed by atoms with van der Waals surface area (Å²) in [6, 6.07) is 7.24. The molecule has 1 aromatic heterocycles. The molecule has 0 bridgehead atoms. The zero-order valence-electron chi connectivity index (χ0n) is 9.24. The molecule has 0 unspecified atom stereocenters. The van der Waals surface area contributed by atoms with Crippen molar-refractivity contribution in [2.75, 3.05) is 5.32 Å². The molecular formula is C12H11ClN2O2. The van der Waals surface area contributed by atoms with E-state index in [0.29, 0.717) is 11.4 Å². The third kappa shape index (κ3) is 2.85. The number of hydrogen-bond acceptors (Lipinski definition) is 3. The average Bonchev–Trinajstić information content (AvgIpc) is 2.75. The summed E-state index contributed by atoms with van der Waals surface area (Å²) in [5.74, 6) is 0.175. The molecule has 0 aliphatic heterocycles. The molecule has 4 nitrogen and oxygen atoms in total. The van der Waals surface area contributed by atoms with Crippen molar-refractivity contribution in [1.29, 1.82) is 0 Å². The van der Waals surface area contributed by atoms with Crippen molar-refractivity contribution in [3.63, 3.8) is 0 Å². The van der Waals surface area contributed by atoms with Gasteiger partial charge in [0.25, 0.3) is 5.91 Å². The third-order valence-corrected chi connectivity index (χ3v) is 2.52. The number of hydrogen-bond donors (Lipinski definition) is 1. The number of carbonyl (C=O) groups excluding carboxylic acids is 1. The summed E-state index contributed by atoms with van der Waals surface area (Å²) in [5.41, 5.74) is 2.22. The average molecular weight is 251 g/mol. The quantitative estimate of drug-likeness (QED) is 0.852. The fourth-order valence-corrected chi connectivity index (χ4v) is 1.50. The van der Waals surface area contributed by atoms with Crippen LogP contribution in [0.5, 0.6) is 0 Å². The predicted octanol–water partition coefficient (Wildman–Crippen LogP) is 2.97. The fraction of sp³-hybridized carbons (Fsp3) is 0.167. The second-order valence-electron chi connectivity index (χ2n) is 3.58. The molecule has 1 aromatic carbocycles. The number of halogens is 1. The summed E-state index contributed by atoms with van der Waals surface area (Å²) in [6.45, 7) is 1.79. The Morgan fingerprint density at radius 1 is 1.41 bits per heavy atom. The molecule has 0 fully saturated rings. The van der Waals surface area contributed by atoms with Crippen LogP contribution in [0.15, 0.2) is 34.9 Å². The summed E-state index contributed by atoms with van der Waals surface area (Å²) in [4.78, 5) is 15.8. The fourth-order valence-electron chi connectivity index (χ4n) is 1.33. The van der Waals surface area contributed by atoms with Gasteiger partial charge in [0.1, 0.15) is 6.26 Å². The van der Waals surface area contributed by atoms with Crippen LogP contribution < -0.4 is 5.32 Å². The van der Waals surface area contributed by atoms with Crippen molar-refractivity contribution >= 4 is 23.5 Å². The maximum absolute atomic E-state index is 11.8. The van der Waals surface area contributed by atoms with Gasteiger partial charge in [0.15, 0.2) is 0 Å². The molecule has 0 atom stereocenters. The van der Waals surface area contributed by atoms with Crippen LogP contribution in [0.25, 0.3) is 0 Å². The first-order valence-corrected chi connectivity index (χ1v) is 5.61. The van der Waals surface area contributed by atoms with Crippen molar-refractivity contribution in [1.82, 2.24) is 4.98 Å². The summed E-state index contributed by atoms with van der Waals surface area (Å²) in [6.07, 6.45) is 1.48. The highest BCUT2D eigenvalue weighted by Crippen LogP contribution is 2.10. The van der Waals surface area contributed by atoms with Gasteiger partial charge in [-0.25, -0.2) is 0 Å². The molecule has 5 heteroatoms. The highest BCUT2D eigenvalue weighted by molar-refractivity contribution is 6.17. The van der Waals surface area contributed by atoms with E-state index in [2.05, 4.69) is 10.3 Å². The van der Waals surface area contributed by atoms with Crippen LogP contribution in [0.4, 0.5) is 6.01 Å². The second-order valence-corrected chi connectivity index (χ2v) is 3.85. The Morgan fingerprint density at radius 3 is 2.65 bits per heavy atom. The maximum atomic E-state index is 11.8. The van der Waals surface area contributed by atoms with Crippen LogP contribution >= 0.6 is 11.6 Å². The van der Waals surface area contributed by atoms with Gasteiger partial charge in [-0.1, -0.05) is 12.1 Å². The van der Waals surface area contributed by atoms with Crippen molar-refractivity contribution in [3.8, 4) is 0 Å². The van der Waals surface area contributed by atoms with E-state index in [1.807, 2.05) is 12.1 Å². The van der Waals surface area contributed by atoms with Gasteiger partial charge >= 0.3 is 6.01 Å². The van der Waals surface area contributed by atoms with E-state index in [-0.39, 0.29) is 11.9 Å². The van der Waals surface area contributed by atoms with Gasteiger partial charge in [0.05, 0.1) is 5.69 Å². The minimum Gasteiger partial charge on any atom is -0.432 e. The Bertz CT molecular complexity index is 520. The van der Waals surface area contributed by atoms with E-state index in [4.69, 9.17) is 16.0 Å². The van der Waals surface area contributed by atoms with Gasteiger partial charge in [-0.05, 0) is 24.6 Å². The summed E-state index contributed by atoms with van der Waals surface area (Å²) >= 11 is 5.67. The molecule has 0 saturated carbocycles. The SMILES string of the molecule is Cc1coc(NC(=O)c2ccc(CCl)cc2)n1. The number of anilines is 1. The first-order valence-electron chi connectivity index (χ1n) is 5.07. The van der Waals surface area contributed by atoms with Crippen molar-refractivity contribution in [2.24, 2.45) is 0 Å². The lowest BCUT2D eigenvalue weighted by atomic mass is 10.1. The molecule has 0 aliphatic rings. The van der Waals surface area contributed by atoms with Gasteiger partial charge in [-0.3, -0.25) is 10.1 Å². The van der Waals surface area contributed by atoms with Crippen molar-refractivity contribution < 1.29 is 9.21 Å². The van der Waals surface area contributed by atoms with Gasteiger partial charge in [0, 0.05) is 11.4 Å². The topological polar surface area (TPSA) is 55.1 Å². The number of amides is 1. The van der Waals surface area contributed by atoms with Crippen LogP contribution in [0, 0.1) is 6.92 Å². The lowest BCUT2D eigenvalue weighted by Gasteiger charge is -2.01. The Balaban J connectivity index is 2.09. The highest BCUT2D eigenvalue weighted by atomic mass is 35.5. The van der Waals surface area contributed by atoms with Crippen LogP contribution in [0.3, 0.4) is 0 Å². The van der Waals surface area contributed by atoms with E-state index < -0.39 is 0 Å². The largest absolute Gasteiger partial charge is 0.432 e. The molecule has 2 rings (SSSR count). The van der Waals surface area contributed by atoms with Crippen LogP contribution in [0.1, 0.15) is 21.6 Å². The summed E-state index contributed by atoms with van der Waals surface area (Å²) in [7, 11) is 0. The summed E-state index contributed by atoms with van der Waals surface area (Å²) in [5, 5.41) is 2.57. The van der Waals surface area contributed by atoms with Crippen LogP contribution in [0.2, 0.25) is 0 Å². The smallest absolute Gasteiger partial charge is 0.301 e. The molecule has 88 valence electrons. The summed E-state index contributed by atoms with van der Waals surface area (Å²) < 4.78 is 5.04. The number of benzene rings is 1. The van der Waals surface area contributed by atoms with Gasteiger partial charge < -0.3 is 4.42 Å². The predicted molar refractivity (Wildman–Crippen MR) is 65.2 cm³/mol. The maximum Gasteiger partial charge on any atom is 0.301 e. The molecule has 2 aromatic rings. The standard InChI is InChI=1S/C12H11ClN2O2/c1-8-7-17-12(14-8)15-11(16)10-4-2-9(6-13)3-5-10/h2-5,7H,6H2,1H3,(H,14,15,16). The molecule has 17 heavy (non-hydrogen) atoms. The first kappa shape index (κ1) is 11.7. The van der Waals surface area contributed by atoms with E-state index in [1.165, 1.54) is 6.26 Å². The normalized spacial score (nSPS) is 10.2. The molecule has 0 saturated heterocycles. The lowest BCUT2D eigenvalue weighted by molar-refractivity contribution is 0.102. The molecule has 0 spiro atoms. The van der Waals surface area contributed by atoms with Crippen molar-refractivity contribution in [3.05, 3.63) is 47.3 Å². The number of aromatic nitrogens is 1. The minimum atomic E-state index is -0.257. The Labute approximate surface area is 104 Å². The van der Waals surface area contributed by atoms with Gasteiger partial charge in [0.2, 0.25) is 0 Å². The zero-order chi connectivity index (χ0) is 12.3. The molecule has 1 N–H and O–H groups in total. The zero-order valence-corrected chi connectivity index (χ0v) is 9.99. The first-order chi connectivity index (χ1) is 8.19. The number of oxazole rings is 1. The number of nitrogens with one attached hydrogen (secondary N) is 1. The molecule has 1 amide bonds. The second kappa shape index (κ2) is 5.01. The molecular weight excluding hydrogens is 240 g/mol. The minimum absolute atomic E-state index is 0.203. The van der Waals surface area contributed by atoms with E-state index in [9.17, 15) is 4.79 Å². The Kier molecular flexibility index (Phi) is 3.44. The number of aryl methyl sites for hydroxylation is 1. The molecule has 1 heterocycles. The van der Waals surface area contributed by atoms with Gasteiger partial charge in [-0.15, -0.1) is 11.6 Å². The van der Waals surface area contributed by atoms with E-state index >= 15 is 0 Å². The highest BCUT2D eigenvalue weighted by Gasteiger charge is 2.08. The molecule has 0 radical (unpaired) electrons. The monoisotopic (exact) mass is 250 g/mol. The number of alkyl halides is 1. The van der Waals surface area contributed by atoms with E-state index in [1.54, 1.807) is 19.1 Å². The number of nitrogens with zero attached hydrogens (tertiary/aromatic N) is 1. The van der Waals surface area contributed by atoms with Crippen LogP contribution in [-0.4, -0.2) is 10.9 Å². The Morgan fingerprint density at radius 2 is 2.12 bits per heavy atom. The van der Waals surface area contributed by atoms with Gasteiger partial charge in [-0.2, -0.15) is 4.98 Å². The number of rotatable bonds is 3. The molecule has 0 aliphatic carbocycles. The van der Waals surface area contributed by atoms with Crippen LogP contribution in [-0.2, 0) is 5.88 Å². The number of carbonyl (C=O) groups is 1. The third-order valence-electron chi connectivity index (χ3n) is 2.21. The lowest BCUT2D eigenvalue weighted by Crippen LogP contribution is -2.12. The van der Waals surface area contributed by atoms with E-state index in [0.717, 1.165) is 11.3 Å². The van der Waals surface area contributed by atoms with Crippen molar-refractivity contribution in [2.45, 2.75) is 12.8 Å². The Hall–Kier alpha value is -1.81.